The molecule has 12 heavy (non-hydrogen) atoms. The van der Waals surface area contributed by atoms with Crippen molar-refractivity contribution < 1.29 is 8.42 Å². The lowest BCUT2D eigenvalue weighted by molar-refractivity contribution is 0.453. The molecule has 1 atom stereocenters. The molecule has 1 fully saturated rings. The number of hydrogen-bond donors (Lipinski definition) is 1. The van der Waals surface area contributed by atoms with Crippen LogP contribution in [0.3, 0.4) is 0 Å². The summed E-state index contributed by atoms with van der Waals surface area (Å²) in [5, 5.41) is 3.22. The Morgan fingerprint density at radius 2 is 2.00 bits per heavy atom. The zero-order valence-electron chi connectivity index (χ0n) is 7.92. The van der Waals surface area contributed by atoms with Crippen LogP contribution in [-0.4, -0.2) is 32.0 Å². The standard InChI is InChI=1S/C8H17NO2S/c1-8(2,12(3,10)11)7-5-4-6-9-7/h7,9H,4-6H2,1-3H3. The van der Waals surface area contributed by atoms with Crippen molar-refractivity contribution in [2.24, 2.45) is 0 Å². The maximum Gasteiger partial charge on any atom is 0.154 e. The minimum Gasteiger partial charge on any atom is -0.312 e. The van der Waals surface area contributed by atoms with E-state index in [0.717, 1.165) is 19.4 Å². The van der Waals surface area contributed by atoms with Gasteiger partial charge in [0.05, 0.1) is 4.75 Å². The Morgan fingerprint density at radius 3 is 2.33 bits per heavy atom. The average molecular weight is 191 g/mol. The van der Waals surface area contributed by atoms with Crippen LogP contribution in [0.5, 0.6) is 0 Å². The van der Waals surface area contributed by atoms with Gasteiger partial charge < -0.3 is 5.32 Å². The summed E-state index contributed by atoms with van der Waals surface area (Å²) in [5.41, 5.74) is 0. The van der Waals surface area contributed by atoms with Gasteiger partial charge in [-0.1, -0.05) is 0 Å². The Labute approximate surface area is 74.5 Å². The summed E-state index contributed by atoms with van der Waals surface area (Å²) < 4.78 is 22.2. The first-order valence-corrected chi connectivity index (χ1v) is 6.18. The summed E-state index contributed by atoms with van der Waals surface area (Å²) in [6.45, 7) is 4.54. The maximum absolute atomic E-state index is 11.4. The lowest BCUT2D eigenvalue weighted by atomic mass is 10.0. The second-order valence-electron chi connectivity index (χ2n) is 4.02. The predicted octanol–water partition coefficient (Wildman–Crippen LogP) is 0.562. The maximum atomic E-state index is 11.4. The van der Waals surface area contributed by atoms with Gasteiger partial charge in [-0.15, -0.1) is 0 Å². The molecule has 0 bridgehead atoms. The Hall–Kier alpha value is -0.0900. The molecule has 0 amide bonds. The normalized spacial score (nSPS) is 26.1. The molecule has 1 aliphatic heterocycles. The molecule has 0 saturated carbocycles. The summed E-state index contributed by atoms with van der Waals surface area (Å²) in [5.74, 6) is 0. The lowest BCUT2D eigenvalue weighted by Crippen LogP contribution is -2.48. The summed E-state index contributed by atoms with van der Waals surface area (Å²) in [6.07, 6.45) is 3.37. The molecule has 1 heterocycles. The second kappa shape index (κ2) is 3.00. The van der Waals surface area contributed by atoms with Gasteiger partial charge in [-0.05, 0) is 33.2 Å². The van der Waals surface area contributed by atoms with E-state index in [1.807, 2.05) is 0 Å². The second-order valence-corrected chi connectivity index (χ2v) is 6.62. The van der Waals surface area contributed by atoms with Crippen molar-refractivity contribution >= 4 is 9.84 Å². The molecule has 1 aliphatic rings. The minimum atomic E-state index is -2.95. The molecule has 0 spiro atoms. The van der Waals surface area contributed by atoms with Crippen LogP contribution in [0.1, 0.15) is 26.7 Å². The van der Waals surface area contributed by atoms with Gasteiger partial charge in [-0.25, -0.2) is 8.42 Å². The van der Waals surface area contributed by atoms with Gasteiger partial charge in [0, 0.05) is 12.3 Å². The number of sulfone groups is 1. The quantitative estimate of drug-likeness (QED) is 0.694. The molecule has 1 N–H and O–H groups in total. The van der Waals surface area contributed by atoms with E-state index < -0.39 is 14.6 Å². The fourth-order valence-electron chi connectivity index (χ4n) is 1.54. The molecule has 0 aromatic carbocycles. The Morgan fingerprint density at radius 1 is 1.42 bits per heavy atom. The first-order chi connectivity index (χ1) is 5.36. The molecule has 1 unspecified atom stereocenters. The van der Waals surface area contributed by atoms with E-state index in [4.69, 9.17) is 0 Å². The third-order valence-corrected chi connectivity index (χ3v) is 5.05. The van der Waals surface area contributed by atoms with E-state index >= 15 is 0 Å². The van der Waals surface area contributed by atoms with E-state index in [-0.39, 0.29) is 6.04 Å². The molecule has 0 aromatic rings. The average Bonchev–Trinajstić information content (AvgIpc) is 2.34. The number of nitrogens with one attached hydrogen (secondary N) is 1. The molecular weight excluding hydrogens is 174 g/mol. The largest absolute Gasteiger partial charge is 0.312 e. The predicted molar refractivity (Wildman–Crippen MR) is 49.9 cm³/mol. The van der Waals surface area contributed by atoms with Gasteiger partial charge in [0.2, 0.25) is 0 Å². The van der Waals surface area contributed by atoms with Gasteiger partial charge >= 0.3 is 0 Å². The summed E-state index contributed by atoms with van der Waals surface area (Å²) in [4.78, 5) is 0. The van der Waals surface area contributed by atoms with Crippen molar-refractivity contribution in [3.8, 4) is 0 Å². The van der Waals surface area contributed by atoms with Crippen molar-refractivity contribution in [3.05, 3.63) is 0 Å². The van der Waals surface area contributed by atoms with Crippen LogP contribution in [-0.2, 0) is 9.84 Å². The molecule has 72 valence electrons. The van der Waals surface area contributed by atoms with Crippen molar-refractivity contribution in [2.75, 3.05) is 12.8 Å². The molecular formula is C8H17NO2S. The van der Waals surface area contributed by atoms with Gasteiger partial charge in [0.15, 0.2) is 9.84 Å². The summed E-state index contributed by atoms with van der Waals surface area (Å²) in [6, 6.07) is 0.132. The van der Waals surface area contributed by atoms with Gasteiger partial charge in [0.25, 0.3) is 0 Å². The summed E-state index contributed by atoms with van der Waals surface area (Å²) in [7, 11) is -2.95. The van der Waals surface area contributed by atoms with Crippen molar-refractivity contribution in [3.63, 3.8) is 0 Å². The van der Waals surface area contributed by atoms with Crippen molar-refractivity contribution in [1.82, 2.24) is 5.32 Å². The zero-order valence-corrected chi connectivity index (χ0v) is 8.74. The van der Waals surface area contributed by atoms with Gasteiger partial charge in [0.1, 0.15) is 0 Å². The first kappa shape index (κ1) is 9.99. The molecule has 0 aliphatic carbocycles. The van der Waals surface area contributed by atoms with E-state index in [1.165, 1.54) is 6.26 Å². The Bertz CT molecular complexity index is 250. The molecule has 1 saturated heterocycles. The highest BCUT2D eigenvalue weighted by Gasteiger charge is 2.39. The van der Waals surface area contributed by atoms with Crippen molar-refractivity contribution in [1.29, 1.82) is 0 Å². The van der Waals surface area contributed by atoms with Crippen LogP contribution in [0.15, 0.2) is 0 Å². The monoisotopic (exact) mass is 191 g/mol. The highest BCUT2D eigenvalue weighted by Crippen LogP contribution is 2.25. The zero-order chi connectivity index (χ0) is 9.41. The van der Waals surface area contributed by atoms with Crippen LogP contribution < -0.4 is 5.32 Å². The van der Waals surface area contributed by atoms with Crippen molar-refractivity contribution in [2.45, 2.75) is 37.5 Å². The smallest absolute Gasteiger partial charge is 0.154 e. The van der Waals surface area contributed by atoms with E-state index in [0.29, 0.717) is 0 Å². The third kappa shape index (κ3) is 1.64. The topological polar surface area (TPSA) is 46.2 Å². The van der Waals surface area contributed by atoms with E-state index in [9.17, 15) is 8.42 Å². The van der Waals surface area contributed by atoms with E-state index in [2.05, 4.69) is 5.32 Å². The molecule has 0 aromatic heterocycles. The Balaban J connectivity index is 2.84. The minimum absolute atomic E-state index is 0.132. The molecule has 1 rings (SSSR count). The van der Waals surface area contributed by atoms with Crippen LogP contribution in [0, 0.1) is 0 Å². The van der Waals surface area contributed by atoms with Gasteiger partial charge in [-0.2, -0.15) is 0 Å². The van der Waals surface area contributed by atoms with E-state index in [1.54, 1.807) is 13.8 Å². The highest BCUT2D eigenvalue weighted by atomic mass is 32.2. The lowest BCUT2D eigenvalue weighted by Gasteiger charge is -2.29. The van der Waals surface area contributed by atoms with Crippen LogP contribution in [0.25, 0.3) is 0 Å². The molecule has 0 radical (unpaired) electrons. The third-order valence-electron chi connectivity index (χ3n) is 2.86. The SMILES string of the molecule is CC(C)(C1CCCN1)S(C)(=O)=O. The molecule has 3 nitrogen and oxygen atoms in total. The fourth-order valence-corrected chi connectivity index (χ4v) is 2.25. The fraction of sp³-hybridized carbons (Fsp3) is 1.00. The highest BCUT2D eigenvalue weighted by molar-refractivity contribution is 7.92. The van der Waals surface area contributed by atoms with Gasteiger partial charge in [-0.3, -0.25) is 0 Å². The summed E-state index contributed by atoms with van der Waals surface area (Å²) >= 11 is 0. The Kier molecular flexibility index (Phi) is 2.50. The first-order valence-electron chi connectivity index (χ1n) is 4.28. The van der Waals surface area contributed by atoms with Crippen LogP contribution in [0.2, 0.25) is 0 Å². The number of hydrogen-bond acceptors (Lipinski definition) is 3. The van der Waals surface area contributed by atoms with Crippen LogP contribution >= 0.6 is 0 Å². The molecule has 4 heteroatoms. The van der Waals surface area contributed by atoms with Crippen LogP contribution in [0.4, 0.5) is 0 Å². The number of rotatable bonds is 2.